The zero-order valence-corrected chi connectivity index (χ0v) is 9.27. The molecule has 1 rings (SSSR count). The minimum absolute atomic E-state index is 0.00861. The van der Waals surface area contributed by atoms with Gasteiger partial charge in [-0.15, -0.1) is 0 Å². The summed E-state index contributed by atoms with van der Waals surface area (Å²) in [6.45, 7) is 5.15. The Labute approximate surface area is 88.6 Å². The minimum atomic E-state index is -4.28. The van der Waals surface area contributed by atoms with Crippen LogP contribution in [0.25, 0.3) is 0 Å². The van der Waals surface area contributed by atoms with E-state index in [-0.39, 0.29) is 12.8 Å². The zero-order chi connectivity index (χ0) is 11.7. The average molecular weight is 224 g/mol. The van der Waals surface area contributed by atoms with Gasteiger partial charge in [0.1, 0.15) is 5.54 Å². The summed E-state index contributed by atoms with van der Waals surface area (Å²) >= 11 is 0. The number of nitrogens with zero attached hydrogens (tertiary/aromatic N) is 1. The maximum atomic E-state index is 12.7. The van der Waals surface area contributed by atoms with Crippen molar-refractivity contribution in [3.8, 4) is 0 Å². The monoisotopic (exact) mass is 224 g/mol. The molecule has 2 nitrogen and oxygen atoms in total. The number of hydrogen-bond acceptors (Lipinski definition) is 2. The Kier molecular flexibility index (Phi) is 3.66. The van der Waals surface area contributed by atoms with Gasteiger partial charge in [-0.05, 0) is 39.7 Å². The first kappa shape index (κ1) is 12.8. The molecule has 0 aliphatic carbocycles. The van der Waals surface area contributed by atoms with E-state index in [1.807, 2.05) is 13.8 Å². The molecule has 90 valence electrons. The number of hydrogen-bond donors (Lipinski definition) is 1. The van der Waals surface area contributed by atoms with E-state index in [9.17, 15) is 13.2 Å². The van der Waals surface area contributed by atoms with Crippen molar-refractivity contribution in [2.45, 2.75) is 50.9 Å². The van der Waals surface area contributed by atoms with Crippen LogP contribution in [-0.4, -0.2) is 35.7 Å². The lowest BCUT2D eigenvalue weighted by molar-refractivity contribution is -0.189. The summed E-state index contributed by atoms with van der Waals surface area (Å²) < 4.78 is 38.1. The van der Waals surface area contributed by atoms with E-state index in [0.29, 0.717) is 25.6 Å². The van der Waals surface area contributed by atoms with Crippen LogP contribution in [0.1, 0.15) is 33.1 Å². The van der Waals surface area contributed by atoms with Crippen molar-refractivity contribution in [3.05, 3.63) is 0 Å². The molecule has 1 saturated heterocycles. The molecule has 1 unspecified atom stereocenters. The van der Waals surface area contributed by atoms with Crippen LogP contribution in [0, 0.1) is 0 Å². The highest BCUT2D eigenvalue weighted by atomic mass is 19.4. The molecule has 1 aliphatic heterocycles. The quantitative estimate of drug-likeness (QED) is 0.739. The van der Waals surface area contributed by atoms with Gasteiger partial charge in [-0.1, -0.05) is 0 Å². The van der Waals surface area contributed by atoms with Crippen molar-refractivity contribution in [2.75, 3.05) is 13.1 Å². The van der Waals surface area contributed by atoms with Crippen molar-refractivity contribution in [1.29, 1.82) is 0 Å². The van der Waals surface area contributed by atoms with Crippen LogP contribution in [0.15, 0.2) is 0 Å². The normalized spacial score (nSPS) is 30.6. The molecule has 0 aromatic heterocycles. The zero-order valence-electron chi connectivity index (χ0n) is 9.27. The Morgan fingerprint density at radius 2 is 1.80 bits per heavy atom. The first-order valence-corrected chi connectivity index (χ1v) is 5.36. The fourth-order valence-electron chi connectivity index (χ4n) is 1.98. The number of likely N-dealkylation sites (tertiary alicyclic amines) is 1. The molecule has 0 spiro atoms. The summed E-state index contributed by atoms with van der Waals surface area (Å²) in [4.78, 5) is 2.06. The van der Waals surface area contributed by atoms with Gasteiger partial charge in [-0.3, -0.25) is 0 Å². The fraction of sp³-hybridized carbons (Fsp3) is 1.00. The van der Waals surface area contributed by atoms with Crippen LogP contribution in [-0.2, 0) is 0 Å². The van der Waals surface area contributed by atoms with Crippen LogP contribution >= 0.6 is 0 Å². The molecule has 5 heteroatoms. The van der Waals surface area contributed by atoms with E-state index in [4.69, 9.17) is 5.73 Å². The minimum Gasteiger partial charge on any atom is -0.318 e. The molecule has 1 fully saturated rings. The highest BCUT2D eigenvalue weighted by Crippen LogP contribution is 2.36. The molecular weight excluding hydrogens is 205 g/mol. The van der Waals surface area contributed by atoms with E-state index in [1.165, 1.54) is 0 Å². The number of halogens is 3. The van der Waals surface area contributed by atoms with Crippen LogP contribution < -0.4 is 5.73 Å². The molecule has 0 bridgehead atoms. The van der Waals surface area contributed by atoms with Crippen molar-refractivity contribution < 1.29 is 13.2 Å². The summed E-state index contributed by atoms with van der Waals surface area (Å²) in [5.74, 6) is 0. The number of nitrogens with two attached hydrogens (primary N) is 1. The number of rotatable bonds is 1. The second kappa shape index (κ2) is 4.29. The molecule has 0 amide bonds. The third-order valence-electron chi connectivity index (χ3n) is 3.21. The van der Waals surface area contributed by atoms with E-state index in [2.05, 4.69) is 4.90 Å². The van der Waals surface area contributed by atoms with Gasteiger partial charge in [0.05, 0.1) is 0 Å². The Bertz CT molecular complexity index is 215. The highest BCUT2D eigenvalue weighted by Gasteiger charge is 2.51. The summed E-state index contributed by atoms with van der Waals surface area (Å²) in [5.41, 5.74) is 3.47. The van der Waals surface area contributed by atoms with Crippen molar-refractivity contribution >= 4 is 0 Å². The second-order valence-corrected chi connectivity index (χ2v) is 4.64. The third kappa shape index (κ3) is 2.84. The van der Waals surface area contributed by atoms with E-state index < -0.39 is 11.7 Å². The molecule has 0 saturated carbocycles. The molecule has 1 aliphatic rings. The highest BCUT2D eigenvalue weighted by molar-refractivity contribution is 4.94. The van der Waals surface area contributed by atoms with Gasteiger partial charge in [0, 0.05) is 12.6 Å². The van der Waals surface area contributed by atoms with Crippen LogP contribution in [0.2, 0.25) is 0 Å². The molecule has 1 atom stereocenters. The largest absolute Gasteiger partial charge is 0.406 e. The van der Waals surface area contributed by atoms with Gasteiger partial charge in [0.25, 0.3) is 0 Å². The first-order valence-electron chi connectivity index (χ1n) is 5.36. The Balaban J connectivity index is 2.67. The predicted molar refractivity (Wildman–Crippen MR) is 53.5 cm³/mol. The van der Waals surface area contributed by atoms with Crippen molar-refractivity contribution in [1.82, 2.24) is 4.90 Å². The third-order valence-corrected chi connectivity index (χ3v) is 3.21. The fourth-order valence-corrected chi connectivity index (χ4v) is 1.98. The predicted octanol–water partition coefficient (Wildman–Crippen LogP) is 2.14. The van der Waals surface area contributed by atoms with Gasteiger partial charge < -0.3 is 10.6 Å². The summed E-state index contributed by atoms with van der Waals surface area (Å²) in [5, 5.41) is 0. The molecule has 0 aromatic carbocycles. The van der Waals surface area contributed by atoms with Crippen LogP contribution in [0.3, 0.4) is 0 Å². The standard InChI is InChI=1S/C10H19F3N2/c1-8(2)15-6-3-4-9(14,5-7-15)10(11,12)13/h8H,3-7,14H2,1-2H3. The SMILES string of the molecule is CC(C)N1CCCC(N)(C(F)(F)F)CC1. The summed E-state index contributed by atoms with van der Waals surface area (Å²) in [7, 11) is 0. The topological polar surface area (TPSA) is 29.3 Å². The maximum absolute atomic E-state index is 12.7. The summed E-state index contributed by atoms with van der Waals surface area (Å²) in [6.07, 6.45) is -3.71. The summed E-state index contributed by atoms with van der Waals surface area (Å²) in [6, 6.07) is 0.292. The molecule has 0 aromatic rings. The number of alkyl halides is 3. The van der Waals surface area contributed by atoms with E-state index in [0.717, 1.165) is 0 Å². The lowest BCUT2D eigenvalue weighted by atomic mass is 9.91. The van der Waals surface area contributed by atoms with Crippen LogP contribution in [0.5, 0.6) is 0 Å². The molecular formula is C10H19F3N2. The molecule has 15 heavy (non-hydrogen) atoms. The van der Waals surface area contributed by atoms with E-state index >= 15 is 0 Å². The first-order chi connectivity index (χ1) is 6.76. The van der Waals surface area contributed by atoms with Gasteiger partial charge in [0.2, 0.25) is 0 Å². The van der Waals surface area contributed by atoms with E-state index in [1.54, 1.807) is 0 Å². The Hall–Kier alpha value is -0.290. The lowest BCUT2D eigenvalue weighted by Gasteiger charge is -2.31. The molecule has 0 radical (unpaired) electrons. The van der Waals surface area contributed by atoms with Gasteiger partial charge in [0.15, 0.2) is 0 Å². The Morgan fingerprint density at radius 1 is 1.20 bits per heavy atom. The molecule has 1 heterocycles. The smallest absolute Gasteiger partial charge is 0.318 e. The van der Waals surface area contributed by atoms with Gasteiger partial charge in [-0.2, -0.15) is 13.2 Å². The van der Waals surface area contributed by atoms with Crippen molar-refractivity contribution in [2.24, 2.45) is 5.73 Å². The van der Waals surface area contributed by atoms with Gasteiger partial charge in [-0.25, -0.2) is 0 Å². The van der Waals surface area contributed by atoms with Gasteiger partial charge >= 0.3 is 6.18 Å². The lowest BCUT2D eigenvalue weighted by Crippen LogP contribution is -2.53. The molecule has 2 N–H and O–H groups in total. The maximum Gasteiger partial charge on any atom is 0.406 e. The van der Waals surface area contributed by atoms with Crippen LogP contribution in [0.4, 0.5) is 13.2 Å². The van der Waals surface area contributed by atoms with Crippen molar-refractivity contribution in [3.63, 3.8) is 0 Å². The second-order valence-electron chi connectivity index (χ2n) is 4.64. The average Bonchev–Trinajstić information content (AvgIpc) is 2.26. The Morgan fingerprint density at radius 3 is 2.27 bits per heavy atom.